The average Bonchev–Trinajstić information content (AvgIpc) is 2.44. The Kier molecular flexibility index (Phi) is 5.11. The molecule has 0 amide bonds. The van der Waals surface area contributed by atoms with E-state index >= 15 is 0 Å². The second kappa shape index (κ2) is 6.66. The zero-order chi connectivity index (χ0) is 15.6. The number of nitrogens with one attached hydrogen (secondary N) is 1. The molecule has 2 rings (SSSR count). The lowest BCUT2D eigenvalue weighted by molar-refractivity contribution is 0.147. The van der Waals surface area contributed by atoms with Crippen molar-refractivity contribution < 1.29 is 18.3 Å². The van der Waals surface area contributed by atoms with E-state index in [0.717, 1.165) is 13.1 Å². The number of hydrogen-bond acceptors (Lipinski definition) is 3. The molecule has 21 heavy (non-hydrogen) atoms. The number of nitrogens with zero attached hydrogens (tertiary/aromatic N) is 1. The van der Waals surface area contributed by atoms with Crippen molar-refractivity contribution in [3.8, 4) is 5.75 Å². The molecule has 1 heterocycles. The van der Waals surface area contributed by atoms with Crippen LogP contribution in [0.3, 0.4) is 0 Å². The largest absolute Gasteiger partial charge is 0.507 e. The summed E-state index contributed by atoms with van der Waals surface area (Å²) in [6, 6.07) is 0.200. The summed E-state index contributed by atoms with van der Waals surface area (Å²) in [6.07, 6.45) is 0.565. The first kappa shape index (κ1) is 16.1. The monoisotopic (exact) mass is 302 g/mol. The van der Waals surface area contributed by atoms with E-state index in [1.165, 1.54) is 0 Å². The minimum absolute atomic E-state index is 0.135. The number of piperazine rings is 1. The second-order valence-electron chi connectivity index (χ2n) is 5.85. The lowest BCUT2D eigenvalue weighted by atomic mass is 9.93. The zero-order valence-electron chi connectivity index (χ0n) is 12.3. The summed E-state index contributed by atoms with van der Waals surface area (Å²) in [7, 11) is 0. The van der Waals surface area contributed by atoms with Crippen LogP contribution in [-0.4, -0.2) is 36.2 Å². The maximum Gasteiger partial charge on any atom is 0.195 e. The predicted octanol–water partition coefficient (Wildman–Crippen LogP) is 2.80. The molecule has 3 nitrogen and oxygen atoms in total. The number of halogens is 3. The Morgan fingerprint density at radius 1 is 1.19 bits per heavy atom. The highest BCUT2D eigenvalue weighted by Gasteiger charge is 2.30. The standard InChI is InChI=1S/C15H21F3N2O/c1-9(2)7-11(20-5-3-19-4-6-20)13-12(21)8-10(16)14(17)15(13)18/h8-9,11,19,21H,3-7H2,1-2H3/t11-/m1/s1. The predicted molar refractivity (Wildman–Crippen MR) is 74.6 cm³/mol. The summed E-state index contributed by atoms with van der Waals surface area (Å²) < 4.78 is 40.9. The lowest BCUT2D eigenvalue weighted by Gasteiger charge is -2.36. The van der Waals surface area contributed by atoms with Crippen LogP contribution >= 0.6 is 0 Å². The lowest BCUT2D eigenvalue weighted by Crippen LogP contribution is -2.45. The van der Waals surface area contributed by atoms with E-state index in [-0.39, 0.29) is 11.5 Å². The Bertz CT molecular complexity index is 502. The summed E-state index contributed by atoms with van der Waals surface area (Å²) in [5.74, 6) is -4.45. The van der Waals surface area contributed by atoms with Crippen LogP contribution in [0.4, 0.5) is 13.2 Å². The molecule has 0 unspecified atom stereocenters. The number of phenolic OH excluding ortho intramolecular Hbond substituents is 1. The molecule has 1 atom stereocenters. The van der Waals surface area contributed by atoms with E-state index < -0.39 is 29.2 Å². The fraction of sp³-hybridized carbons (Fsp3) is 0.600. The van der Waals surface area contributed by atoms with Crippen molar-refractivity contribution in [1.29, 1.82) is 0 Å². The Morgan fingerprint density at radius 2 is 1.81 bits per heavy atom. The van der Waals surface area contributed by atoms with Crippen LogP contribution in [0.1, 0.15) is 31.9 Å². The summed E-state index contributed by atoms with van der Waals surface area (Å²) in [5, 5.41) is 13.1. The third-order valence-corrected chi connectivity index (χ3v) is 3.80. The second-order valence-corrected chi connectivity index (χ2v) is 5.85. The van der Waals surface area contributed by atoms with Gasteiger partial charge in [-0.15, -0.1) is 0 Å². The third-order valence-electron chi connectivity index (χ3n) is 3.80. The number of benzene rings is 1. The molecule has 0 aliphatic carbocycles. The molecule has 118 valence electrons. The molecule has 2 N–H and O–H groups in total. The van der Waals surface area contributed by atoms with Gasteiger partial charge in [-0.25, -0.2) is 13.2 Å². The Labute approximate surface area is 122 Å². The maximum absolute atomic E-state index is 14.2. The molecule has 1 saturated heterocycles. The van der Waals surface area contributed by atoms with Crippen LogP contribution in [0.15, 0.2) is 6.07 Å². The summed E-state index contributed by atoms with van der Waals surface area (Å²) in [5.41, 5.74) is -0.135. The van der Waals surface area contributed by atoms with Gasteiger partial charge in [0.05, 0.1) is 0 Å². The normalized spacial score (nSPS) is 18.2. The van der Waals surface area contributed by atoms with Gasteiger partial charge in [-0.2, -0.15) is 0 Å². The number of hydrogen-bond donors (Lipinski definition) is 2. The zero-order valence-corrected chi connectivity index (χ0v) is 12.3. The highest BCUT2D eigenvalue weighted by atomic mass is 19.2. The van der Waals surface area contributed by atoms with Crippen LogP contribution < -0.4 is 5.32 Å². The first-order valence-corrected chi connectivity index (χ1v) is 7.23. The molecule has 1 aromatic carbocycles. The maximum atomic E-state index is 14.2. The van der Waals surface area contributed by atoms with Crippen LogP contribution in [0.5, 0.6) is 5.75 Å². The molecule has 1 aromatic rings. The van der Waals surface area contributed by atoms with Gasteiger partial charge >= 0.3 is 0 Å². The van der Waals surface area contributed by atoms with Gasteiger partial charge in [0.2, 0.25) is 0 Å². The number of phenols is 1. The topological polar surface area (TPSA) is 35.5 Å². The van der Waals surface area contributed by atoms with Crippen LogP contribution in [0.2, 0.25) is 0 Å². The van der Waals surface area contributed by atoms with Gasteiger partial charge < -0.3 is 10.4 Å². The van der Waals surface area contributed by atoms with Crippen molar-refractivity contribution in [3.05, 3.63) is 29.1 Å². The van der Waals surface area contributed by atoms with E-state index in [9.17, 15) is 18.3 Å². The molecule has 0 bridgehead atoms. The van der Waals surface area contributed by atoms with Gasteiger partial charge in [-0.05, 0) is 12.3 Å². The van der Waals surface area contributed by atoms with Gasteiger partial charge in [-0.1, -0.05) is 13.8 Å². The van der Waals surface area contributed by atoms with Crippen LogP contribution in [-0.2, 0) is 0 Å². The Hall–Kier alpha value is -1.27. The molecule has 6 heteroatoms. The molecule has 0 radical (unpaired) electrons. The van der Waals surface area contributed by atoms with Crippen molar-refractivity contribution in [3.63, 3.8) is 0 Å². The highest BCUT2D eigenvalue weighted by Crippen LogP contribution is 2.37. The van der Waals surface area contributed by atoms with E-state index in [1.807, 2.05) is 18.7 Å². The molecular formula is C15H21F3N2O. The Balaban J connectivity index is 2.43. The minimum atomic E-state index is -1.52. The van der Waals surface area contributed by atoms with Gasteiger partial charge in [0.1, 0.15) is 5.75 Å². The summed E-state index contributed by atoms with van der Waals surface area (Å²) in [6.45, 7) is 6.81. The quantitative estimate of drug-likeness (QED) is 0.840. The van der Waals surface area contributed by atoms with Crippen molar-refractivity contribution in [2.45, 2.75) is 26.3 Å². The van der Waals surface area contributed by atoms with Gasteiger partial charge in [-0.3, -0.25) is 4.90 Å². The molecule has 1 aliphatic heterocycles. The first-order chi connectivity index (χ1) is 9.91. The van der Waals surface area contributed by atoms with Crippen LogP contribution in [0, 0.1) is 23.4 Å². The highest BCUT2D eigenvalue weighted by molar-refractivity contribution is 5.37. The van der Waals surface area contributed by atoms with E-state index in [4.69, 9.17) is 0 Å². The van der Waals surface area contributed by atoms with Crippen molar-refractivity contribution in [2.24, 2.45) is 5.92 Å². The summed E-state index contributed by atoms with van der Waals surface area (Å²) >= 11 is 0. The van der Waals surface area contributed by atoms with Crippen molar-refractivity contribution >= 4 is 0 Å². The minimum Gasteiger partial charge on any atom is -0.507 e. The smallest absolute Gasteiger partial charge is 0.195 e. The number of aromatic hydroxyl groups is 1. The molecule has 0 saturated carbocycles. The van der Waals surface area contributed by atoms with Gasteiger partial charge in [0.15, 0.2) is 17.5 Å². The fourth-order valence-electron chi connectivity index (χ4n) is 2.80. The molecule has 1 fully saturated rings. The van der Waals surface area contributed by atoms with Crippen molar-refractivity contribution in [2.75, 3.05) is 26.2 Å². The molecule has 1 aliphatic rings. The van der Waals surface area contributed by atoms with E-state index in [0.29, 0.717) is 25.6 Å². The van der Waals surface area contributed by atoms with Crippen LogP contribution in [0.25, 0.3) is 0 Å². The third kappa shape index (κ3) is 3.49. The van der Waals surface area contributed by atoms with Gasteiger partial charge in [0.25, 0.3) is 0 Å². The average molecular weight is 302 g/mol. The summed E-state index contributed by atoms with van der Waals surface area (Å²) in [4.78, 5) is 2.01. The van der Waals surface area contributed by atoms with Crippen molar-refractivity contribution in [1.82, 2.24) is 10.2 Å². The van der Waals surface area contributed by atoms with Gasteiger partial charge in [0, 0.05) is 43.9 Å². The molecule has 0 spiro atoms. The van der Waals surface area contributed by atoms with E-state index in [2.05, 4.69) is 5.32 Å². The molecular weight excluding hydrogens is 281 g/mol. The molecule has 0 aromatic heterocycles. The van der Waals surface area contributed by atoms with E-state index in [1.54, 1.807) is 0 Å². The SMILES string of the molecule is CC(C)C[C@H](c1c(O)cc(F)c(F)c1F)N1CCNCC1. The number of rotatable bonds is 4. The first-order valence-electron chi connectivity index (χ1n) is 7.23. The fourth-order valence-corrected chi connectivity index (χ4v) is 2.80. The Morgan fingerprint density at radius 3 is 2.38 bits per heavy atom.